The third-order valence-electron chi connectivity index (χ3n) is 6.76. The van der Waals surface area contributed by atoms with E-state index in [4.69, 9.17) is 27.9 Å². The highest BCUT2D eigenvalue weighted by molar-refractivity contribution is 6.35. The Balaban J connectivity index is 1.42. The van der Waals surface area contributed by atoms with Crippen LogP contribution in [-0.4, -0.2) is 35.4 Å². The van der Waals surface area contributed by atoms with Crippen LogP contribution in [0.2, 0.25) is 10.0 Å². The van der Waals surface area contributed by atoms with E-state index in [1.165, 1.54) is 0 Å². The van der Waals surface area contributed by atoms with E-state index >= 15 is 0 Å². The molecule has 7 nitrogen and oxygen atoms in total. The SMILES string of the molecule is CN1C[C@H](c2ccc(OCc3ccc(Cl)cc3Cl)cc2)[C@@H]([N+](=O)[O-])[C@@]12C(=O)Nc1ccccc12. The van der Waals surface area contributed by atoms with Gasteiger partial charge in [-0.05, 0) is 42.9 Å². The Kier molecular flexibility index (Phi) is 5.72. The number of carbonyl (C=O) groups excluding carboxylic acids is 1. The highest BCUT2D eigenvalue weighted by Gasteiger charge is 2.68. The molecule has 2 heterocycles. The van der Waals surface area contributed by atoms with Crippen LogP contribution in [0.4, 0.5) is 5.69 Å². The first kappa shape index (κ1) is 22.7. The number of hydrogen-bond donors (Lipinski definition) is 1. The van der Waals surface area contributed by atoms with E-state index in [9.17, 15) is 14.9 Å². The first-order valence-electron chi connectivity index (χ1n) is 10.7. The molecule has 3 aromatic carbocycles. The van der Waals surface area contributed by atoms with Crippen molar-refractivity contribution in [3.8, 4) is 5.75 Å². The van der Waals surface area contributed by atoms with Crippen molar-refractivity contribution in [3.63, 3.8) is 0 Å². The van der Waals surface area contributed by atoms with Gasteiger partial charge in [0.15, 0.2) is 5.54 Å². The molecule has 1 amide bonds. The average Bonchev–Trinajstić information content (AvgIpc) is 3.29. The number of carbonyl (C=O) groups is 1. The van der Waals surface area contributed by atoms with Gasteiger partial charge in [0.2, 0.25) is 0 Å². The predicted molar refractivity (Wildman–Crippen MR) is 130 cm³/mol. The maximum Gasteiger partial charge on any atom is 0.256 e. The molecule has 3 atom stereocenters. The minimum atomic E-state index is -1.36. The predicted octanol–water partition coefficient (Wildman–Crippen LogP) is 5.09. The number of para-hydroxylation sites is 1. The number of fused-ring (bicyclic) bond motifs is 2. The molecule has 174 valence electrons. The molecule has 0 aromatic heterocycles. The number of hydrogen-bond acceptors (Lipinski definition) is 5. The molecule has 1 fully saturated rings. The third kappa shape index (κ3) is 3.52. The van der Waals surface area contributed by atoms with Crippen LogP contribution < -0.4 is 10.1 Å². The van der Waals surface area contributed by atoms with E-state index in [2.05, 4.69) is 5.32 Å². The Morgan fingerprint density at radius 1 is 1.15 bits per heavy atom. The number of amides is 1. The summed E-state index contributed by atoms with van der Waals surface area (Å²) >= 11 is 12.1. The topological polar surface area (TPSA) is 84.7 Å². The van der Waals surface area contributed by atoms with Crippen LogP contribution in [0.15, 0.2) is 66.7 Å². The Hall–Kier alpha value is -3.13. The van der Waals surface area contributed by atoms with E-state index in [0.717, 1.165) is 11.1 Å². The highest BCUT2D eigenvalue weighted by atomic mass is 35.5. The van der Waals surface area contributed by atoms with E-state index in [-0.39, 0.29) is 17.4 Å². The average molecular weight is 498 g/mol. The van der Waals surface area contributed by atoms with Crippen molar-refractivity contribution >= 4 is 34.8 Å². The second kappa shape index (κ2) is 8.58. The maximum atomic E-state index is 13.2. The number of nitro groups is 1. The maximum absolute atomic E-state index is 13.2. The molecule has 0 aliphatic carbocycles. The van der Waals surface area contributed by atoms with Crippen molar-refractivity contribution in [2.45, 2.75) is 24.1 Å². The zero-order valence-corrected chi connectivity index (χ0v) is 19.7. The van der Waals surface area contributed by atoms with Crippen LogP contribution in [0.5, 0.6) is 5.75 Å². The monoisotopic (exact) mass is 497 g/mol. The fraction of sp³-hybridized carbons (Fsp3) is 0.240. The Morgan fingerprint density at radius 3 is 2.59 bits per heavy atom. The van der Waals surface area contributed by atoms with Gasteiger partial charge in [0.1, 0.15) is 12.4 Å². The summed E-state index contributed by atoms with van der Waals surface area (Å²) < 4.78 is 5.85. The van der Waals surface area contributed by atoms with Crippen LogP contribution in [0.1, 0.15) is 22.6 Å². The second-order valence-corrected chi connectivity index (χ2v) is 9.42. The summed E-state index contributed by atoms with van der Waals surface area (Å²) in [6.45, 7) is 0.632. The van der Waals surface area contributed by atoms with Crippen LogP contribution in [0.3, 0.4) is 0 Å². The zero-order valence-electron chi connectivity index (χ0n) is 18.2. The lowest BCUT2D eigenvalue weighted by molar-refractivity contribution is -0.534. The smallest absolute Gasteiger partial charge is 0.256 e. The first-order chi connectivity index (χ1) is 16.3. The summed E-state index contributed by atoms with van der Waals surface area (Å²) in [6.07, 6.45) is 0. The van der Waals surface area contributed by atoms with Gasteiger partial charge in [0.25, 0.3) is 11.9 Å². The lowest BCUT2D eigenvalue weighted by atomic mass is 9.79. The van der Waals surface area contributed by atoms with Crippen LogP contribution in [0.25, 0.3) is 0 Å². The Bertz CT molecular complexity index is 1280. The Morgan fingerprint density at radius 2 is 1.88 bits per heavy atom. The van der Waals surface area contributed by atoms with Crippen molar-refractivity contribution in [2.75, 3.05) is 18.9 Å². The molecule has 5 rings (SSSR count). The molecule has 3 aromatic rings. The molecule has 2 aliphatic heterocycles. The lowest BCUT2D eigenvalue weighted by Gasteiger charge is -2.30. The van der Waals surface area contributed by atoms with Crippen molar-refractivity contribution in [1.82, 2.24) is 4.90 Å². The van der Waals surface area contributed by atoms with Crippen LogP contribution in [-0.2, 0) is 16.9 Å². The lowest BCUT2D eigenvalue weighted by Crippen LogP contribution is -2.54. The number of likely N-dealkylation sites (tertiary alicyclic amines) is 1. The van der Waals surface area contributed by atoms with Gasteiger partial charge in [-0.3, -0.25) is 19.8 Å². The molecule has 0 radical (unpaired) electrons. The summed E-state index contributed by atoms with van der Waals surface area (Å²) in [5.41, 5.74) is 1.49. The molecule has 1 N–H and O–H groups in total. The van der Waals surface area contributed by atoms with E-state index < -0.39 is 17.5 Å². The van der Waals surface area contributed by atoms with E-state index in [1.807, 2.05) is 18.2 Å². The van der Waals surface area contributed by atoms with Gasteiger partial charge in [-0.2, -0.15) is 0 Å². The molecule has 34 heavy (non-hydrogen) atoms. The van der Waals surface area contributed by atoms with Gasteiger partial charge in [0, 0.05) is 38.3 Å². The summed E-state index contributed by atoms with van der Waals surface area (Å²) in [5, 5.41) is 16.3. The van der Waals surface area contributed by atoms with Gasteiger partial charge in [0.05, 0.1) is 5.92 Å². The number of halogens is 2. The quantitative estimate of drug-likeness (QED) is 0.391. The number of nitrogens with zero attached hydrogens (tertiary/aromatic N) is 2. The van der Waals surface area contributed by atoms with Crippen molar-refractivity contribution in [3.05, 3.63) is 104 Å². The Labute approximate surface area is 206 Å². The van der Waals surface area contributed by atoms with Gasteiger partial charge in [-0.1, -0.05) is 59.6 Å². The summed E-state index contributed by atoms with van der Waals surface area (Å²) in [7, 11) is 1.77. The minimum absolute atomic E-state index is 0.263. The number of benzene rings is 3. The largest absolute Gasteiger partial charge is 0.489 e. The standard InChI is InChI=1S/C25H21Cl2N3O4/c1-29-13-19(23(30(32)33)25(29)20-4-2-3-5-22(20)28-24(25)31)15-7-10-18(11-8-15)34-14-16-6-9-17(26)12-21(16)27/h2-12,19,23H,13-14H2,1H3,(H,28,31)/t19-,23-,25+/m1/s1. The molecular formula is C25H21Cl2N3O4. The number of anilines is 1. The van der Waals surface area contributed by atoms with Crippen molar-refractivity contribution in [1.29, 1.82) is 0 Å². The number of nitrogens with one attached hydrogen (secondary N) is 1. The normalized spacial score (nSPS) is 23.7. The van der Waals surface area contributed by atoms with E-state index in [1.54, 1.807) is 60.5 Å². The first-order valence-corrected chi connectivity index (χ1v) is 11.5. The fourth-order valence-electron chi connectivity index (χ4n) is 5.19. The number of ether oxygens (including phenoxy) is 1. The summed E-state index contributed by atoms with van der Waals surface area (Å²) in [6, 6.07) is 18.5. The summed E-state index contributed by atoms with van der Waals surface area (Å²) in [5.74, 6) is -0.227. The molecule has 1 spiro atoms. The van der Waals surface area contributed by atoms with Gasteiger partial charge in [-0.15, -0.1) is 0 Å². The molecule has 9 heteroatoms. The van der Waals surface area contributed by atoms with Crippen LogP contribution >= 0.6 is 23.2 Å². The van der Waals surface area contributed by atoms with Gasteiger partial charge < -0.3 is 10.1 Å². The number of rotatable bonds is 5. The zero-order chi connectivity index (χ0) is 24.0. The molecular weight excluding hydrogens is 477 g/mol. The second-order valence-electron chi connectivity index (χ2n) is 8.58. The number of likely N-dealkylation sites (N-methyl/N-ethyl adjacent to an activating group) is 1. The fourth-order valence-corrected chi connectivity index (χ4v) is 5.65. The van der Waals surface area contributed by atoms with Crippen LogP contribution in [0, 0.1) is 10.1 Å². The van der Waals surface area contributed by atoms with Crippen molar-refractivity contribution < 1.29 is 14.5 Å². The van der Waals surface area contributed by atoms with Gasteiger partial charge in [-0.25, -0.2) is 0 Å². The van der Waals surface area contributed by atoms with Crippen molar-refractivity contribution in [2.24, 2.45) is 0 Å². The highest BCUT2D eigenvalue weighted by Crippen LogP contribution is 2.52. The molecule has 0 saturated carbocycles. The third-order valence-corrected chi connectivity index (χ3v) is 7.35. The summed E-state index contributed by atoms with van der Waals surface area (Å²) in [4.78, 5) is 27.1. The molecule has 2 aliphatic rings. The molecule has 1 saturated heterocycles. The minimum Gasteiger partial charge on any atom is -0.489 e. The molecule has 0 unspecified atom stereocenters. The van der Waals surface area contributed by atoms with E-state index in [0.29, 0.717) is 33.6 Å². The van der Waals surface area contributed by atoms with Gasteiger partial charge >= 0.3 is 0 Å². The molecule has 0 bridgehead atoms.